The topological polar surface area (TPSA) is 29.8 Å². The zero-order chi connectivity index (χ0) is 12.1. The Labute approximate surface area is 102 Å². The highest BCUT2D eigenvalue weighted by Gasteiger charge is 2.03. The van der Waals surface area contributed by atoms with Gasteiger partial charge in [0.15, 0.2) is 0 Å². The van der Waals surface area contributed by atoms with Crippen LogP contribution in [0.5, 0.6) is 5.88 Å². The minimum atomic E-state index is 0.686. The summed E-state index contributed by atoms with van der Waals surface area (Å²) in [5, 5.41) is 4.34. The fourth-order valence-electron chi connectivity index (χ4n) is 1.80. The summed E-state index contributed by atoms with van der Waals surface area (Å²) in [7, 11) is 0. The largest absolute Gasteiger partial charge is 0.475 e. The molecule has 0 aliphatic rings. The molecule has 0 bridgehead atoms. The molecule has 0 aliphatic heterocycles. The first-order valence-electron chi connectivity index (χ1n) is 6.13. The van der Waals surface area contributed by atoms with Crippen molar-refractivity contribution >= 4 is 5.52 Å². The predicted molar refractivity (Wildman–Crippen MR) is 68.5 cm³/mol. The molecule has 4 nitrogen and oxygen atoms in total. The molecule has 2 aromatic heterocycles. The predicted octanol–water partition coefficient (Wildman–Crippen LogP) is 2.05. The van der Waals surface area contributed by atoms with Gasteiger partial charge in [-0.3, -0.25) is 0 Å². The van der Waals surface area contributed by atoms with Gasteiger partial charge in [0.05, 0.1) is 5.52 Å². The Morgan fingerprint density at radius 2 is 2.12 bits per heavy atom. The molecule has 0 N–H and O–H groups in total. The molecule has 0 aliphatic carbocycles. The van der Waals surface area contributed by atoms with Gasteiger partial charge >= 0.3 is 0 Å². The molecule has 0 spiro atoms. The first kappa shape index (κ1) is 11.9. The first-order chi connectivity index (χ1) is 8.33. The average Bonchev–Trinajstić information content (AvgIpc) is 2.77. The summed E-state index contributed by atoms with van der Waals surface area (Å²) in [4.78, 5) is 2.33. The second-order valence-corrected chi connectivity index (χ2v) is 3.93. The number of nitrogens with zero attached hydrogens (tertiary/aromatic N) is 3. The lowest BCUT2D eigenvalue weighted by molar-refractivity contribution is 0.217. The summed E-state index contributed by atoms with van der Waals surface area (Å²) in [6.07, 6.45) is 1.92. The van der Waals surface area contributed by atoms with Gasteiger partial charge in [0.2, 0.25) is 5.88 Å². The van der Waals surface area contributed by atoms with E-state index in [-0.39, 0.29) is 0 Å². The highest BCUT2D eigenvalue weighted by Crippen LogP contribution is 2.12. The van der Waals surface area contributed by atoms with E-state index < -0.39 is 0 Å². The van der Waals surface area contributed by atoms with E-state index in [1.165, 1.54) is 0 Å². The SMILES string of the molecule is CCN(CC)CCOc1cc2ccccn2n1. The van der Waals surface area contributed by atoms with Gasteiger partial charge < -0.3 is 9.64 Å². The summed E-state index contributed by atoms with van der Waals surface area (Å²) in [6, 6.07) is 7.93. The van der Waals surface area contributed by atoms with Crippen LogP contribution in [0, 0.1) is 0 Å². The molecule has 0 saturated heterocycles. The molecule has 0 amide bonds. The van der Waals surface area contributed by atoms with E-state index in [0.29, 0.717) is 12.5 Å². The lowest BCUT2D eigenvalue weighted by Crippen LogP contribution is -2.27. The van der Waals surface area contributed by atoms with Crippen LogP contribution < -0.4 is 4.74 Å². The Hall–Kier alpha value is -1.55. The molecule has 0 aromatic carbocycles. The summed E-state index contributed by atoms with van der Waals surface area (Å²) in [5.74, 6) is 0.698. The Morgan fingerprint density at radius 3 is 2.82 bits per heavy atom. The minimum Gasteiger partial charge on any atom is -0.475 e. The molecule has 2 aromatic rings. The Morgan fingerprint density at radius 1 is 1.29 bits per heavy atom. The van der Waals surface area contributed by atoms with E-state index >= 15 is 0 Å². The number of aromatic nitrogens is 2. The van der Waals surface area contributed by atoms with Gasteiger partial charge in [0.1, 0.15) is 6.61 Å². The highest BCUT2D eigenvalue weighted by atomic mass is 16.5. The fraction of sp³-hybridized carbons (Fsp3) is 0.462. The van der Waals surface area contributed by atoms with Crippen molar-refractivity contribution in [1.29, 1.82) is 0 Å². The van der Waals surface area contributed by atoms with E-state index in [2.05, 4.69) is 23.8 Å². The normalized spacial score (nSPS) is 11.2. The Bertz CT molecular complexity index is 429. The average molecular weight is 233 g/mol. The number of hydrogen-bond acceptors (Lipinski definition) is 3. The van der Waals surface area contributed by atoms with Crippen molar-refractivity contribution in [2.45, 2.75) is 13.8 Å². The molecule has 0 fully saturated rings. The van der Waals surface area contributed by atoms with Crippen LogP contribution in [0.3, 0.4) is 0 Å². The summed E-state index contributed by atoms with van der Waals surface area (Å²) < 4.78 is 7.48. The van der Waals surface area contributed by atoms with E-state index in [1.807, 2.05) is 35.0 Å². The molecular formula is C13H19N3O. The maximum atomic E-state index is 5.65. The molecule has 17 heavy (non-hydrogen) atoms. The van der Waals surface area contributed by atoms with Gasteiger partial charge in [-0.05, 0) is 25.2 Å². The number of rotatable bonds is 6. The summed E-state index contributed by atoms with van der Waals surface area (Å²) in [6.45, 7) is 8.07. The Balaban J connectivity index is 1.90. The zero-order valence-corrected chi connectivity index (χ0v) is 10.5. The molecule has 2 heterocycles. The third kappa shape index (κ3) is 2.97. The summed E-state index contributed by atoms with van der Waals surface area (Å²) in [5.41, 5.74) is 1.06. The van der Waals surface area contributed by atoms with Crippen molar-refractivity contribution in [1.82, 2.24) is 14.5 Å². The van der Waals surface area contributed by atoms with Gasteiger partial charge in [-0.15, -0.1) is 5.10 Å². The molecule has 92 valence electrons. The maximum absolute atomic E-state index is 5.65. The smallest absolute Gasteiger partial charge is 0.233 e. The lowest BCUT2D eigenvalue weighted by atomic mass is 10.4. The maximum Gasteiger partial charge on any atom is 0.233 e. The second-order valence-electron chi connectivity index (χ2n) is 3.93. The van der Waals surface area contributed by atoms with E-state index in [9.17, 15) is 0 Å². The van der Waals surface area contributed by atoms with E-state index in [1.54, 1.807) is 0 Å². The second kappa shape index (κ2) is 5.68. The number of likely N-dealkylation sites (N-methyl/N-ethyl adjacent to an activating group) is 1. The number of ether oxygens (including phenoxy) is 1. The zero-order valence-electron chi connectivity index (χ0n) is 10.5. The van der Waals surface area contributed by atoms with Crippen molar-refractivity contribution in [3.8, 4) is 5.88 Å². The van der Waals surface area contributed by atoms with Crippen LogP contribution in [0.4, 0.5) is 0 Å². The van der Waals surface area contributed by atoms with Crippen LogP contribution in [-0.2, 0) is 0 Å². The van der Waals surface area contributed by atoms with Crippen LogP contribution >= 0.6 is 0 Å². The molecule has 2 rings (SSSR count). The van der Waals surface area contributed by atoms with E-state index in [4.69, 9.17) is 4.74 Å². The van der Waals surface area contributed by atoms with Gasteiger partial charge in [-0.2, -0.15) is 0 Å². The third-order valence-corrected chi connectivity index (χ3v) is 2.90. The standard InChI is InChI=1S/C13H19N3O/c1-3-15(4-2)9-10-17-13-11-12-7-5-6-8-16(12)14-13/h5-8,11H,3-4,9-10H2,1-2H3. The number of pyridine rings is 1. The van der Waals surface area contributed by atoms with Crippen LogP contribution in [0.15, 0.2) is 30.5 Å². The van der Waals surface area contributed by atoms with Gasteiger partial charge in [0.25, 0.3) is 0 Å². The van der Waals surface area contributed by atoms with Crippen molar-refractivity contribution in [3.63, 3.8) is 0 Å². The van der Waals surface area contributed by atoms with Gasteiger partial charge in [-0.1, -0.05) is 19.9 Å². The lowest BCUT2D eigenvalue weighted by Gasteiger charge is -2.17. The van der Waals surface area contributed by atoms with Crippen LogP contribution in [0.1, 0.15) is 13.8 Å². The van der Waals surface area contributed by atoms with E-state index in [0.717, 1.165) is 25.2 Å². The Kier molecular flexibility index (Phi) is 3.98. The molecule has 0 atom stereocenters. The van der Waals surface area contributed by atoms with Gasteiger partial charge in [0, 0.05) is 18.8 Å². The molecule has 0 radical (unpaired) electrons. The fourth-order valence-corrected chi connectivity index (χ4v) is 1.80. The number of fused-ring (bicyclic) bond motifs is 1. The number of hydrogen-bond donors (Lipinski definition) is 0. The highest BCUT2D eigenvalue weighted by molar-refractivity contribution is 5.48. The monoisotopic (exact) mass is 233 g/mol. The molecular weight excluding hydrogens is 214 g/mol. The van der Waals surface area contributed by atoms with Gasteiger partial charge in [-0.25, -0.2) is 4.52 Å². The molecule has 0 unspecified atom stereocenters. The molecule has 4 heteroatoms. The van der Waals surface area contributed by atoms with Crippen molar-refractivity contribution in [2.24, 2.45) is 0 Å². The summed E-state index contributed by atoms with van der Waals surface area (Å²) >= 11 is 0. The first-order valence-corrected chi connectivity index (χ1v) is 6.13. The van der Waals surface area contributed by atoms with Crippen LogP contribution in [0.25, 0.3) is 5.52 Å². The van der Waals surface area contributed by atoms with Crippen molar-refractivity contribution in [2.75, 3.05) is 26.2 Å². The third-order valence-electron chi connectivity index (χ3n) is 2.90. The van der Waals surface area contributed by atoms with Crippen molar-refractivity contribution < 1.29 is 4.74 Å². The van der Waals surface area contributed by atoms with Crippen LogP contribution in [-0.4, -0.2) is 40.8 Å². The minimum absolute atomic E-state index is 0.686. The van der Waals surface area contributed by atoms with Crippen LogP contribution in [0.2, 0.25) is 0 Å². The van der Waals surface area contributed by atoms with Crippen molar-refractivity contribution in [3.05, 3.63) is 30.5 Å². The molecule has 0 saturated carbocycles. The quantitative estimate of drug-likeness (QED) is 0.765.